The average molecular weight is 471 g/mol. The number of aliphatic imine (C=N–C) groups is 1. The molecule has 0 amide bonds. The van der Waals surface area contributed by atoms with Crippen molar-refractivity contribution >= 4 is 52.2 Å². The van der Waals surface area contributed by atoms with E-state index >= 15 is 0 Å². The zero-order chi connectivity index (χ0) is 22.9. The smallest absolute Gasteiger partial charge is 0.363 e. The Morgan fingerprint density at radius 1 is 0.909 bits per heavy atom. The van der Waals surface area contributed by atoms with Gasteiger partial charge in [0, 0.05) is 26.4 Å². The van der Waals surface area contributed by atoms with E-state index in [1.807, 2.05) is 80.6 Å². The molecule has 0 fully saturated rings. The lowest BCUT2D eigenvalue weighted by Crippen LogP contribution is -2.05. The summed E-state index contributed by atoms with van der Waals surface area (Å²) in [5.74, 6) is -0.167. The number of cyclic esters (lactones) is 1. The minimum Gasteiger partial charge on any atom is -0.402 e. The van der Waals surface area contributed by atoms with Crippen molar-refractivity contribution in [3.05, 3.63) is 106 Å². The summed E-state index contributed by atoms with van der Waals surface area (Å²) in [4.78, 5) is 23.0. The van der Waals surface area contributed by atoms with E-state index in [4.69, 9.17) is 21.3 Å². The third-order valence-corrected chi connectivity index (χ3v) is 6.49. The van der Waals surface area contributed by atoms with Crippen LogP contribution < -0.4 is 0 Å². The molecule has 0 aliphatic carbocycles. The van der Waals surface area contributed by atoms with Gasteiger partial charge in [0.2, 0.25) is 5.90 Å². The summed E-state index contributed by atoms with van der Waals surface area (Å²) in [6, 6.07) is 23.5. The van der Waals surface area contributed by atoms with Gasteiger partial charge in [-0.1, -0.05) is 53.2 Å². The number of halogens is 1. The summed E-state index contributed by atoms with van der Waals surface area (Å²) in [5, 5.41) is 2.44. The first kappa shape index (κ1) is 21.4. The van der Waals surface area contributed by atoms with E-state index in [0.717, 1.165) is 43.1 Å². The standard InChI is InChI=1S/C27H19ClN2O2S/c1-16-3-6-18(7-4-16)25-29-24(27(31)32-25)15-20-14-19-8-5-17(2)13-23(19)30-26(20)33-22-11-9-21(28)10-12-22/h3-15H,1-2H3/b24-15+. The van der Waals surface area contributed by atoms with Crippen LogP contribution in [0.4, 0.5) is 0 Å². The minimum atomic E-state index is -0.475. The summed E-state index contributed by atoms with van der Waals surface area (Å²) in [5.41, 5.74) is 4.96. The van der Waals surface area contributed by atoms with Gasteiger partial charge in [-0.2, -0.15) is 0 Å². The molecule has 0 radical (unpaired) electrons. The number of nitrogens with zero attached hydrogens (tertiary/aromatic N) is 2. The van der Waals surface area contributed by atoms with Crippen LogP contribution in [0.3, 0.4) is 0 Å². The van der Waals surface area contributed by atoms with E-state index in [1.54, 1.807) is 6.08 Å². The summed E-state index contributed by atoms with van der Waals surface area (Å²) in [6.45, 7) is 4.05. The number of aryl methyl sites for hydroxylation is 2. The first-order chi connectivity index (χ1) is 15.9. The summed E-state index contributed by atoms with van der Waals surface area (Å²) < 4.78 is 5.45. The molecule has 4 aromatic rings. The number of hydrogen-bond donors (Lipinski definition) is 0. The highest BCUT2D eigenvalue weighted by Crippen LogP contribution is 2.34. The quantitative estimate of drug-likeness (QED) is 0.238. The highest BCUT2D eigenvalue weighted by atomic mass is 35.5. The number of ether oxygens (including phenoxy) is 1. The average Bonchev–Trinajstić information content (AvgIpc) is 3.16. The molecular formula is C27H19ClN2O2S. The Labute approximate surface area is 201 Å². The van der Waals surface area contributed by atoms with Crippen molar-refractivity contribution in [1.29, 1.82) is 0 Å². The van der Waals surface area contributed by atoms with Crippen LogP contribution in [0.2, 0.25) is 5.02 Å². The van der Waals surface area contributed by atoms with Gasteiger partial charge >= 0.3 is 5.97 Å². The molecule has 0 saturated heterocycles. The van der Waals surface area contributed by atoms with Crippen molar-refractivity contribution in [1.82, 2.24) is 4.98 Å². The maximum absolute atomic E-state index is 12.6. The second-order valence-electron chi connectivity index (χ2n) is 7.84. The molecule has 1 aliphatic heterocycles. The number of pyridine rings is 1. The summed E-state index contributed by atoms with van der Waals surface area (Å²) in [7, 11) is 0. The van der Waals surface area contributed by atoms with E-state index in [1.165, 1.54) is 11.8 Å². The Kier molecular flexibility index (Phi) is 5.75. The third-order valence-electron chi connectivity index (χ3n) is 5.21. The number of esters is 1. The molecule has 4 nitrogen and oxygen atoms in total. The fraction of sp³-hybridized carbons (Fsp3) is 0.0741. The summed E-state index contributed by atoms with van der Waals surface area (Å²) in [6.07, 6.45) is 1.74. The van der Waals surface area contributed by atoms with E-state index in [9.17, 15) is 4.79 Å². The molecule has 162 valence electrons. The fourth-order valence-corrected chi connectivity index (χ4v) is 4.45. The van der Waals surface area contributed by atoms with Crippen molar-refractivity contribution in [3.63, 3.8) is 0 Å². The zero-order valence-corrected chi connectivity index (χ0v) is 19.6. The van der Waals surface area contributed by atoms with Crippen LogP contribution in [0.25, 0.3) is 17.0 Å². The maximum Gasteiger partial charge on any atom is 0.363 e. The molecule has 6 heteroatoms. The molecule has 0 atom stereocenters. The van der Waals surface area contributed by atoms with Crippen molar-refractivity contribution in [2.75, 3.05) is 0 Å². The zero-order valence-electron chi connectivity index (χ0n) is 18.0. The molecule has 3 aromatic carbocycles. The highest BCUT2D eigenvalue weighted by molar-refractivity contribution is 7.99. The van der Waals surface area contributed by atoms with Gasteiger partial charge in [0.25, 0.3) is 0 Å². The van der Waals surface area contributed by atoms with Crippen molar-refractivity contribution in [2.24, 2.45) is 4.99 Å². The molecule has 5 rings (SSSR count). The SMILES string of the molecule is Cc1ccc(C2=N/C(=C/c3cc4ccc(C)cc4nc3Sc3ccc(Cl)cc3)C(=O)O2)cc1. The third kappa shape index (κ3) is 4.70. The van der Waals surface area contributed by atoms with Crippen LogP contribution in [-0.4, -0.2) is 16.9 Å². The van der Waals surface area contributed by atoms with Gasteiger partial charge in [0.1, 0.15) is 5.03 Å². The number of rotatable bonds is 4. The molecule has 1 aromatic heterocycles. The Bertz CT molecular complexity index is 1440. The van der Waals surface area contributed by atoms with Crippen LogP contribution >= 0.6 is 23.4 Å². The first-order valence-corrected chi connectivity index (χ1v) is 11.6. The molecule has 0 N–H and O–H groups in total. The minimum absolute atomic E-state index is 0.247. The molecule has 0 bridgehead atoms. The Morgan fingerprint density at radius 3 is 2.39 bits per heavy atom. The predicted octanol–water partition coefficient (Wildman–Crippen LogP) is 7.00. The second-order valence-corrected chi connectivity index (χ2v) is 9.34. The lowest BCUT2D eigenvalue weighted by atomic mass is 10.1. The number of carbonyl (C=O) groups excluding carboxylic acids is 1. The molecule has 33 heavy (non-hydrogen) atoms. The molecule has 0 spiro atoms. The number of aromatic nitrogens is 1. The van der Waals surface area contributed by atoms with Gasteiger partial charge in [-0.05, 0) is 74.0 Å². The lowest BCUT2D eigenvalue weighted by molar-refractivity contribution is -0.129. The Hall–Kier alpha value is -3.41. The first-order valence-electron chi connectivity index (χ1n) is 10.4. The molecule has 2 heterocycles. The van der Waals surface area contributed by atoms with Gasteiger partial charge in [-0.15, -0.1) is 0 Å². The van der Waals surface area contributed by atoms with Crippen molar-refractivity contribution in [2.45, 2.75) is 23.8 Å². The topological polar surface area (TPSA) is 51.5 Å². The Morgan fingerprint density at radius 2 is 1.64 bits per heavy atom. The molecular weight excluding hydrogens is 452 g/mol. The van der Waals surface area contributed by atoms with Crippen molar-refractivity contribution < 1.29 is 9.53 Å². The summed E-state index contributed by atoms with van der Waals surface area (Å²) >= 11 is 7.56. The lowest BCUT2D eigenvalue weighted by Gasteiger charge is -2.09. The van der Waals surface area contributed by atoms with Crippen LogP contribution in [0.5, 0.6) is 0 Å². The second kappa shape index (κ2) is 8.85. The van der Waals surface area contributed by atoms with Crippen LogP contribution in [0.1, 0.15) is 22.3 Å². The van der Waals surface area contributed by atoms with Gasteiger partial charge in [-0.25, -0.2) is 14.8 Å². The maximum atomic E-state index is 12.6. The Balaban J connectivity index is 1.59. The van der Waals surface area contributed by atoms with Crippen LogP contribution in [0.15, 0.2) is 93.4 Å². The molecule has 0 saturated carbocycles. The van der Waals surface area contributed by atoms with Gasteiger partial charge in [0.05, 0.1) is 5.52 Å². The van der Waals surface area contributed by atoms with Crippen LogP contribution in [0, 0.1) is 13.8 Å². The number of hydrogen-bond acceptors (Lipinski definition) is 5. The van der Waals surface area contributed by atoms with Crippen molar-refractivity contribution in [3.8, 4) is 0 Å². The van der Waals surface area contributed by atoms with E-state index in [-0.39, 0.29) is 5.70 Å². The number of carbonyl (C=O) groups is 1. The van der Waals surface area contributed by atoms with Gasteiger partial charge in [-0.3, -0.25) is 0 Å². The predicted molar refractivity (Wildman–Crippen MR) is 134 cm³/mol. The number of benzene rings is 3. The largest absolute Gasteiger partial charge is 0.402 e. The van der Waals surface area contributed by atoms with Gasteiger partial charge < -0.3 is 4.74 Å². The number of fused-ring (bicyclic) bond motifs is 1. The molecule has 1 aliphatic rings. The highest BCUT2D eigenvalue weighted by Gasteiger charge is 2.24. The monoisotopic (exact) mass is 470 g/mol. The van der Waals surface area contributed by atoms with E-state index in [0.29, 0.717) is 10.9 Å². The van der Waals surface area contributed by atoms with Gasteiger partial charge in [0.15, 0.2) is 5.70 Å². The van der Waals surface area contributed by atoms with E-state index in [2.05, 4.69) is 11.1 Å². The normalized spacial score (nSPS) is 14.6. The fourth-order valence-electron chi connectivity index (χ4n) is 3.45. The van der Waals surface area contributed by atoms with E-state index < -0.39 is 5.97 Å². The van der Waals surface area contributed by atoms with Crippen LogP contribution in [-0.2, 0) is 9.53 Å². The molecule has 0 unspecified atom stereocenters.